The fourth-order valence-corrected chi connectivity index (χ4v) is 3.72. The molecule has 1 heterocycles. The average Bonchev–Trinajstić information content (AvgIpc) is 2.88. The first-order valence-electron chi connectivity index (χ1n) is 6.92. The quantitative estimate of drug-likeness (QED) is 0.814. The van der Waals surface area contributed by atoms with Gasteiger partial charge in [0.2, 0.25) is 11.0 Å². The van der Waals surface area contributed by atoms with Gasteiger partial charge < -0.3 is 5.32 Å². The molecule has 0 bridgehead atoms. The summed E-state index contributed by atoms with van der Waals surface area (Å²) in [4.78, 5) is 11.7. The maximum Gasteiger partial charge on any atom is 0.226 e. The van der Waals surface area contributed by atoms with Crippen molar-refractivity contribution in [3.8, 4) is 0 Å². The van der Waals surface area contributed by atoms with E-state index in [4.69, 9.17) is 0 Å². The summed E-state index contributed by atoms with van der Waals surface area (Å²) < 4.78 is 0. The Kier molecular flexibility index (Phi) is 6.10. The van der Waals surface area contributed by atoms with Gasteiger partial charge in [-0.05, 0) is 31.3 Å². The predicted octanol–water partition coefficient (Wildman–Crippen LogP) is 3.67. The molecule has 0 aromatic carbocycles. The Balaban J connectivity index is 1.81. The van der Waals surface area contributed by atoms with Gasteiger partial charge in [0, 0.05) is 12.3 Å². The van der Waals surface area contributed by atoms with Gasteiger partial charge in [-0.25, -0.2) is 0 Å². The molecule has 1 fully saturated rings. The third-order valence-electron chi connectivity index (χ3n) is 3.39. The van der Waals surface area contributed by atoms with Crippen molar-refractivity contribution in [2.24, 2.45) is 0 Å². The minimum absolute atomic E-state index is 0.0559. The summed E-state index contributed by atoms with van der Waals surface area (Å²) in [7, 11) is 0. The molecule has 4 nitrogen and oxygen atoms in total. The van der Waals surface area contributed by atoms with E-state index in [-0.39, 0.29) is 5.91 Å². The Morgan fingerprint density at radius 1 is 1.37 bits per heavy atom. The van der Waals surface area contributed by atoms with Gasteiger partial charge in [0.15, 0.2) is 0 Å². The number of carbonyl (C=O) groups is 1. The van der Waals surface area contributed by atoms with Gasteiger partial charge in [0.25, 0.3) is 0 Å². The van der Waals surface area contributed by atoms with Gasteiger partial charge in [-0.15, -0.1) is 10.2 Å². The molecule has 1 saturated carbocycles. The zero-order valence-electron chi connectivity index (χ0n) is 11.4. The summed E-state index contributed by atoms with van der Waals surface area (Å²) in [6.45, 7) is 0. The molecule has 1 amide bonds. The van der Waals surface area contributed by atoms with Crippen LogP contribution in [0.2, 0.25) is 0 Å². The van der Waals surface area contributed by atoms with Gasteiger partial charge in [0.05, 0.1) is 0 Å². The Bertz CT molecular complexity index is 402. The average molecular weight is 299 g/mol. The van der Waals surface area contributed by atoms with E-state index in [1.807, 2.05) is 0 Å². The van der Waals surface area contributed by atoms with Gasteiger partial charge in [-0.3, -0.25) is 4.79 Å². The van der Waals surface area contributed by atoms with Crippen molar-refractivity contribution in [2.75, 3.05) is 17.3 Å². The Labute approximate surface area is 122 Å². The molecule has 1 aromatic heterocycles. The third kappa shape index (κ3) is 4.76. The van der Waals surface area contributed by atoms with Crippen LogP contribution in [0.1, 0.15) is 55.9 Å². The van der Waals surface area contributed by atoms with Crippen LogP contribution >= 0.6 is 23.1 Å². The highest BCUT2D eigenvalue weighted by Gasteiger charge is 2.20. The molecule has 0 radical (unpaired) electrons. The number of hydrogen-bond acceptors (Lipinski definition) is 5. The first-order chi connectivity index (χ1) is 9.29. The van der Waals surface area contributed by atoms with Crippen LogP contribution < -0.4 is 5.32 Å². The molecule has 0 aliphatic heterocycles. The number of carbonyl (C=O) groups excluding carboxylic acids is 1. The molecule has 0 unspecified atom stereocenters. The monoisotopic (exact) mass is 299 g/mol. The maximum atomic E-state index is 11.7. The maximum absolute atomic E-state index is 11.7. The first-order valence-corrected chi connectivity index (χ1v) is 9.13. The highest BCUT2D eigenvalue weighted by molar-refractivity contribution is 7.98. The van der Waals surface area contributed by atoms with Gasteiger partial charge in [-0.1, -0.05) is 30.6 Å². The van der Waals surface area contributed by atoms with E-state index in [9.17, 15) is 4.79 Å². The number of aromatic nitrogens is 2. The normalized spacial score (nSPS) is 16.5. The standard InChI is InChI=1S/C13H21N3OS2/c1-18-9-5-8-11(17)14-13-16-15-12(19-13)10-6-3-2-4-7-10/h10H,2-9H2,1H3,(H,14,16,17). The minimum Gasteiger partial charge on any atom is -0.301 e. The van der Waals surface area contributed by atoms with Crippen LogP contribution in [0.4, 0.5) is 5.13 Å². The van der Waals surface area contributed by atoms with E-state index in [0.717, 1.165) is 17.2 Å². The fourth-order valence-electron chi connectivity index (χ4n) is 2.36. The molecule has 2 rings (SSSR count). The number of amides is 1. The zero-order valence-corrected chi connectivity index (χ0v) is 13.0. The molecule has 0 atom stereocenters. The Morgan fingerprint density at radius 3 is 2.89 bits per heavy atom. The van der Waals surface area contributed by atoms with Crippen LogP contribution in [0.15, 0.2) is 0 Å². The van der Waals surface area contributed by atoms with E-state index in [1.54, 1.807) is 23.1 Å². The third-order valence-corrected chi connectivity index (χ3v) is 5.09. The lowest BCUT2D eigenvalue weighted by molar-refractivity contribution is -0.116. The van der Waals surface area contributed by atoms with Crippen molar-refractivity contribution >= 4 is 34.1 Å². The molecule has 0 saturated heterocycles. The van der Waals surface area contributed by atoms with Crippen molar-refractivity contribution in [3.63, 3.8) is 0 Å². The summed E-state index contributed by atoms with van der Waals surface area (Å²) in [5.74, 6) is 1.64. The van der Waals surface area contributed by atoms with E-state index in [1.165, 1.54) is 32.1 Å². The van der Waals surface area contributed by atoms with Gasteiger partial charge in [0.1, 0.15) is 5.01 Å². The Hall–Kier alpha value is -0.620. The molecule has 106 valence electrons. The van der Waals surface area contributed by atoms with E-state index in [2.05, 4.69) is 21.8 Å². The SMILES string of the molecule is CSCCCC(=O)Nc1nnc(C2CCCCC2)s1. The second-order valence-electron chi connectivity index (χ2n) is 4.92. The summed E-state index contributed by atoms with van der Waals surface area (Å²) in [6.07, 6.45) is 9.90. The van der Waals surface area contributed by atoms with Gasteiger partial charge in [-0.2, -0.15) is 11.8 Å². The summed E-state index contributed by atoms with van der Waals surface area (Å²) in [6, 6.07) is 0. The molecular formula is C13H21N3OS2. The van der Waals surface area contributed by atoms with Crippen molar-refractivity contribution in [1.82, 2.24) is 10.2 Å². The van der Waals surface area contributed by atoms with Crippen molar-refractivity contribution in [2.45, 2.75) is 50.9 Å². The molecule has 1 aliphatic rings. The predicted molar refractivity (Wildman–Crippen MR) is 82.0 cm³/mol. The first kappa shape index (κ1) is 14.8. The minimum atomic E-state index is 0.0559. The van der Waals surface area contributed by atoms with E-state index in [0.29, 0.717) is 17.5 Å². The molecule has 1 aromatic rings. The summed E-state index contributed by atoms with van der Waals surface area (Å²) in [5, 5.41) is 12.9. The number of rotatable bonds is 6. The number of anilines is 1. The second-order valence-corrected chi connectivity index (χ2v) is 6.92. The number of thioether (sulfide) groups is 1. The Morgan fingerprint density at radius 2 is 2.16 bits per heavy atom. The topological polar surface area (TPSA) is 54.9 Å². The highest BCUT2D eigenvalue weighted by Crippen LogP contribution is 2.35. The van der Waals surface area contributed by atoms with Gasteiger partial charge >= 0.3 is 0 Å². The lowest BCUT2D eigenvalue weighted by Crippen LogP contribution is -2.11. The molecule has 1 N–H and O–H groups in total. The van der Waals surface area contributed by atoms with E-state index >= 15 is 0 Å². The molecule has 0 spiro atoms. The number of nitrogens with zero attached hydrogens (tertiary/aromatic N) is 2. The molecule has 1 aliphatic carbocycles. The second kappa shape index (κ2) is 7.85. The van der Waals surface area contributed by atoms with Crippen LogP contribution in [0.5, 0.6) is 0 Å². The molecule has 19 heavy (non-hydrogen) atoms. The van der Waals surface area contributed by atoms with Crippen molar-refractivity contribution in [1.29, 1.82) is 0 Å². The van der Waals surface area contributed by atoms with Crippen LogP contribution in [0.25, 0.3) is 0 Å². The number of nitrogens with one attached hydrogen (secondary N) is 1. The van der Waals surface area contributed by atoms with Crippen LogP contribution in [-0.2, 0) is 4.79 Å². The largest absolute Gasteiger partial charge is 0.301 e. The van der Waals surface area contributed by atoms with Crippen LogP contribution in [0, 0.1) is 0 Å². The van der Waals surface area contributed by atoms with E-state index < -0.39 is 0 Å². The van der Waals surface area contributed by atoms with Crippen LogP contribution in [-0.4, -0.2) is 28.1 Å². The lowest BCUT2D eigenvalue weighted by Gasteiger charge is -2.18. The lowest BCUT2D eigenvalue weighted by atomic mass is 9.90. The smallest absolute Gasteiger partial charge is 0.226 e. The summed E-state index contributed by atoms with van der Waals surface area (Å²) in [5.41, 5.74) is 0. The highest BCUT2D eigenvalue weighted by atomic mass is 32.2. The number of hydrogen-bond donors (Lipinski definition) is 1. The zero-order chi connectivity index (χ0) is 13.5. The summed E-state index contributed by atoms with van der Waals surface area (Å²) >= 11 is 3.32. The molecular weight excluding hydrogens is 278 g/mol. The fraction of sp³-hybridized carbons (Fsp3) is 0.769. The van der Waals surface area contributed by atoms with Crippen molar-refractivity contribution in [3.05, 3.63) is 5.01 Å². The van der Waals surface area contributed by atoms with Crippen LogP contribution in [0.3, 0.4) is 0 Å². The molecule has 6 heteroatoms. The van der Waals surface area contributed by atoms with Crippen molar-refractivity contribution < 1.29 is 4.79 Å².